The van der Waals surface area contributed by atoms with Crippen LogP contribution in [0.4, 0.5) is 0 Å². The van der Waals surface area contributed by atoms with Crippen LogP contribution in [0, 0.1) is 0 Å². The summed E-state index contributed by atoms with van der Waals surface area (Å²) in [5, 5.41) is 13.6. The third-order valence-electron chi connectivity index (χ3n) is 1.99. The molecule has 0 spiro atoms. The molecule has 0 saturated carbocycles. The molecule has 15 heavy (non-hydrogen) atoms. The maximum atomic E-state index is 4.45. The first-order valence-corrected chi connectivity index (χ1v) is 5.26. The van der Waals surface area contributed by atoms with Gasteiger partial charge >= 0.3 is 0 Å². The van der Waals surface area contributed by atoms with Crippen molar-refractivity contribution in [1.29, 1.82) is 0 Å². The molecule has 1 N–H and O–H groups in total. The average molecular weight is 217 g/mol. The topological polar surface area (TPSA) is 59.4 Å². The number of hydrogen-bond acceptors (Lipinski definition) is 4. The van der Waals surface area contributed by atoms with Gasteiger partial charge in [-0.15, -0.1) is 11.3 Å². The van der Waals surface area contributed by atoms with Crippen molar-refractivity contribution in [3.8, 4) is 16.4 Å². The number of nitrogens with zero attached hydrogens (tertiary/aromatic N) is 4. The molecule has 74 valence electrons. The Morgan fingerprint density at radius 3 is 3.13 bits per heavy atom. The van der Waals surface area contributed by atoms with Gasteiger partial charge in [-0.3, -0.25) is 5.10 Å². The molecule has 3 aromatic heterocycles. The molecule has 5 nitrogen and oxygen atoms in total. The minimum absolute atomic E-state index is 0.858. The molecule has 0 bridgehead atoms. The Morgan fingerprint density at radius 1 is 1.40 bits per heavy atom. The summed E-state index contributed by atoms with van der Waals surface area (Å²) in [6.45, 7) is 0. The van der Waals surface area contributed by atoms with E-state index < -0.39 is 0 Å². The Hall–Kier alpha value is -1.95. The average Bonchev–Trinajstić information content (AvgIpc) is 3.02. The van der Waals surface area contributed by atoms with Gasteiger partial charge in [0, 0.05) is 29.5 Å². The number of H-pyrrole nitrogens is 1. The van der Waals surface area contributed by atoms with E-state index in [9.17, 15) is 0 Å². The molecule has 3 aromatic rings. The zero-order valence-electron chi connectivity index (χ0n) is 7.66. The first kappa shape index (κ1) is 8.37. The van der Waals surface area contributed by atoms with E-state index in [0.29, 0.717) is 0 Å². The molecule has 3 heterocycles. The molecule has 0 aliphatic carbocycles. The molecule has 0 unspecified atom stereocenters. The van der Waals surface area contributed by atoms with Crippen molar-refractivity contribution in [2.75, 3.05) is 0 Å². The van der Waals surface area contributed by atoms with Crippen molar-refractivity contribution in [1.82, 2.24) is 25.0 Å². The Kier molecular flexibility index (Phi) is 1.85. The Morgan fingerprint density at radius 2 is 2.40 bits per heavy atom. The molecular formula is C9H7N5S. The van der Waals surface area contributed by atoms with Gasteiger partial charge in [-0.1, -0.05) is 0 Å². The molecular weight excluding hydrogens is 210 g/mol. The fourth-order valence-corrected chi connectivity index (χ4v) is 2.05. The van der Waals surface area contributed by atoms with E-state index in [0.717, 1.165) is 16.4 Å². The molecule has 0 fully saturated rings. The Labute approximate surface area is 89.4 Å². The van der Waals surface area contributed by atoms with Gasteiger partial charge in [0.15, 0.2) is 0 Å². The molecule has 0 aliphatic rings. The summed E-state index contributed by atoms with van der Waals surface area (Å²) in [6.07, 6.45) is 7.18. The largest absolute Gasteiger partial charge is 0.285 e. The summed E-state index contributed by atoms with van der Waals surface area (Å²) >= 11 is 1.55. The first-order valence-electron chi connectivity index (χ1n) is 4.38. The van der Waals surface area contributed by atoms with Crippen LogP contribution in [0.15, 0.2) is 36.2 Å². The highest BCUT2D eigenvalue weighted by molar-refractivity contribution is 7.12. The van der Waals surface area contributed by atoms with Gasteiger partial charge in [-0.2, -0.15) is 10.2 Å². The second kappa shape index (κ2) is 3.32. The number of thiazole rings is 1. The van der Waals surface area contributed by atoms with Crippen LogP contribution in [-0.2, 0) is 0 Å². The van der Waals surface area contributed by atoms with Crippen LogP contribution in [0.25, 0.3) is 16.4 Å². The summed E-state index contributed by atoms with van der Waals surface area (Å²) in [5.74, 6) is 0. The Balaban J connectivity index is 2.02. The van der Waals surface area contributed by atoms with Crippen molar-refractivity contribution in [2.24, 2.45) is 0 Å². The van der Waals surface area contributed by atoms with Gasteiger partial charge in [0.1, 0.15) is 0 Å². The van der Waals surface area contributed by atoms with Crippen molar-refractivity contribution in [2.45, 2.75) is 0 Å². The molecule has 0 aromatic carbocycles. The van der Waals surface area contributed by atoms with Gasteiger partial charge in [0.2, 0.25) is 5.13 Å². The zero-order chi connectivity index (χ0) is 10.1. The SMILES string of the molecule is c1cnn(-c2nc(-c3cn[nH]c3)cs2)c1. The summed E-state index contributed by atoms with van der Waals surface area (Å²) < 4.78 is 1.74. The third kappa shape index (κ3) is 1.44. The van der Waals surface area contributed by atoms with Gasteiger partial charge < -0.3 is 0 Å². The number of hydrogen-bond donors (Lipinski definition) is 1. The van der Waals surface area contributed by atoms with E-state index in [2.05, 4.69) is 20.3 Å². The van der Waals surface area contributed by atoms with Gasteiger partial charge in [0.05, 0.1) is 11.9 Å². The van der Waals surface area contributed by atoms with Crippen LogP contribution in [0.3, 0.4) is 0 Å². The highest BCUT2D eigenvalue weighted by Gasteiger charge is 2.06. The smallest absolute Gasteiger partial charge is 0.210 e. The molecule has 0 radical (unpaired) electrons. The maximum absolute atomic E-state index is 4.45. The lowest BCUT2D eigenvalue weighted by Crippen LogP contribution is -1.92. The highest BCUT2D eigenvalue weighted by atomic mass is 32.1. The minimum atomic E-state index is 0.858. The minimum Gasteiger partial charge on any atom is -0.285 e. The van der Waals surface area contributed by atoms with Crippen LogP contribution in [-0.4, -0.2) is 25.0 Å². The maximum Gasteiger partial charge on any atom is 0.210 e. The zero-order valence-corrected chi connectivity index (χ0v) is 8.48. The second-order valence-electron chi connectivity index (χ2n) is 2.95. The van der Waals surface area contributed by atoms with Crippen molar-refractivity contribution < 1.29 is 0 Å². The lowest BCUT2D eigenvalue weighted by atomic mass is 10.3. The van der Waals surface area contributed by atoms with Crippen LogP contribution in [0.5, 0.6) is 0 Å². The lowest BCUT2D eigenvalue weighted by Gasteiger charge is -1.91. The first-order chi connectivity index (χ1) is 7.43. The quantitative estimate of drug-likeness (QED) is 0.711. The molecule has 0 saturated heterocycles. The molecule has 3 rings (SSSR count). The lowest BCUT2D eigenvalue weighted by molar-refractivity contribution is 0.870. The number of aromatic nitrogens is 5. The highest BCUT2D eigenvalue weighted by Crippen LogP contribution is 2.22. The van der Waals surface area contributed by atoms with E-state index in [1.807, 2.05) is 23.8 Å². The van der Waals surface area contributed by atoms with E-state index in [4.69, 9.17) is 0 Å². The normalized spacial score (nSPS) is 10.7. The fraction of sp³-hybridized carbons (Fsp3) is 0. The number of rotatable bonds is 2. The third-order valence-corrected chi connectivity index (χ3v) is 2.82. The molecule has 6 heteroatoms. The van der Waals surface area contributed by atoms with Crippen molar-refractivity contribution in [3.05, 3.63) is 36.2 Å². The van der Waals surface area contributed by atoms with E-state index in [1.54, 1.807) is 28.4 Å². The van der Waals surface area contributed by atoms with Gasteiger partial charge in [-0.05, 0) is 6.07 Å². The van der Waals surface area contributed by atoms with Crippen LogP contribution in [0.2, 0.25) is 0 Å². The Bertz CT molecular complexity index is 488. The summed E-state index contributed by atoms with van der Waals surface area (Å²) in [5.41, 5.74) is 1.91. The summed E-state index contributed by atoms with van der Waals surface area (Å²) in [4.78, 5) is 4.45. The summed E-state index contributed by atoms with van der Waals surface area (Å²) in [6, 6.07) is 1.87. The summed E-state index contributed by atoms with van der Waals surface area (Å²) in [7, 11) is 0. The van der Waals surface area contributed by atoms with E-state index in [1.165, 1.54) is 0 Å². The molecule has 0 amide bonds. The van der Waals surface area contributed by atoms with Crippen LogP contribution >= 0.6 is 11.3 Å². The molecule has 0 atom stereocenters. The number of nitrogens with one attached hydrogen (secondary N) is 1. The standard InChI is InChI=1S/C9H7N5S/c1-2-12-14(3-1)9-13-8(6-15-9)7-4-10-11-5-7/h1-6H,(H,10,11). The predicted molar refractivity (Wildman–Crippen MR) is 56.8 cm³/mol. The monoisotopic (exact) mass is 217 g/mol. The van der Waals surface area contributed by atoms with E-state index >= 15 is 0 Å². The second-order valence-corrected chi connectivity index (χ2v) is 3.79. The van der Waals surface area contributed by atoms with Gasteiger partial charge in [-0.25, -0.2) is 9.67 Å². The van der Waals surface area contributed by atoms with Crippen molar-refractivity contribution in [3.63, 3.8) is 0 Å². The number of aromatic amines is 1. The molecule has 0 aliphatic heterocycles. The van der Waals surface area contributed by atoms with Crippen LogP contribution in [0.1, 0.15) is 0 Å². The van der Waals surface area contributed by atoms with E-state index in [-0.39, 0.29) is 0 Å². The van der Waals surface area contributed by atoms with Crippen LogP contribution < -0.4 is 0 Å². The fourth-order valence-electron chi connectivity index (χ4n) is 1.28. The van der Waals surface area contributed by atoms with Gasteiger partial charge in [0.25, 0.3) is 0 Å². The predicted octanol–water partition coefficient (Wildman–Crippen LogP) is 1.72. The van der Waals surface area contributed by atoms with Crippen molar-refractivity contribution >= 4 is 11.3 Å².